The number of aliphatic imine (C=N–C) groups is 1. The molecule has 0 atom stereocenters. The Hall–Kier alpha value is -2.88. The van der Waals surface area contributed by atoms with Crippen molar-refractivity contribution in [1.82, 2.24) is 25.4 Å². The van der Waals surface area contributed by atoms with E-state index in [1.807, 2.05) is 49.5 Å². The van der Waals surface area contributed by atoms with Gasteiger partial charge in [0.15, 0.2) is 11.7 Å². The number of rotatable bonds is 7. The molecule has 0 fully saturated rings. The molecule has 0 aliphatic rings. The van der Waals surface area contributed by atoms with Crippen molar-refractivity contribution in [2.75, 3.05) is 13.1 Å². The second-order valence-electron chi connectivity index (χ2n) is 6.08. The van der Waals surface area contributed by atoms with Crippen molar-refractivity contribution in [2.45, 2.75) is 26.1 Å². The van der Waals surface area contributed by atoms with Gasteiger partial charge in [0, 0.05) is 31.1 Å². The summed E-state index contributed by atoms with van der Waals surface area (Å²) in [6, 6.07) is 11.7. The molecular weight excluding hydrogens is 401 g/mol. The number of para-hydroxylation sites is 1. The smallest absolute Gasteiger partial charge is 0.357 e. The molecule has 2 aromatic heterocycles. The molecule has 0 unspecified atom stereocenters. The van der Waals surface area contributed by atoms with E-state index in [1.165, 1.54) is 0 Å². The Labute approximate surface area is 170 Å². The van der Waals surface area contributed by atoms with E-state index in [2.05, 4.69) is 25.7 Å². The Bertz CT molecular complexity index is 933. The van der Waals surface area contributed by atoms with Crippen molar-refractivity contribution in [3.05, 3.63) is 64.4 Å². The fraction of sp³-hybridized carbons (Fsp3) is 0.316. The SMILES string of the molecule is CCNC(=NCc1ccn(-c2ccccc2)n1)NCCc1nc(C(F)(F)F)cs1. The molecule has 3 aromatic rings. The second-order valence-corrected chi connectivity index (χ2v) is 7.03. The largest absolute Gasteiger partial charge is 0.434 e. The Morgan fingerprint density at radius 2 is 1.97 bits per heavy atom. The summed E-state index contributed by atoms with van der Waals surface area (Å²) in [6.45, 7) is 3.41. The van der Waals surface area contributed by atoms with Crippen LogP contribution in [0.5, 0.6) is 0 Å². The second kappa shape index (κ2) is 9.55. The van der Waals surface area contributed by atoms with Gasteiger partial charge in [-0.2, -0.15) is 18.3 Å². The van der Waals surface area contributed by atoms with Crippen molar-refractivity contribution in [2.24, 2.45) is 4.99 Å². The van der Waals surface area contributed by atoms with E-state index in [0.717, 1.165) is 28.1 Å². The average molecular weight is 422 g/mol. The molecule has 154 valence electrons. The van der Waals surface area contributed by atoms with Crippen LogP contribution in [0.25, 0.3) is 5.69 Å². The van der Waals surface area contributed by atoms with Crippen LogP contribution in [-0.2, 0) is 19.1 Å². The minimum Gasteiger partial charge on any atom is -0.357 e. The highest BCUT2D eigenvalue weighted by atomic mass is 32.1. The molecule has 10 heteroatoms. The number of hydrogen-bond acceptors (Lipinski definition) is 4. The van der Waals surface area contributed by atoms with E-state index in [4.69, 9.17) is 0 Å². The van der Waals surface area contributed by atoms with Crippen LogP contribution in [0.15, 0.2) is 53.0 Å². The van der Waals surface area contributed by atoms with Crippen molar-refractivity contribution in [1.29, 1.82) is 0 Å². The molecule has 0 bridgehead atoms. The van der Waals surface area contributed by atoms with Crippen LogP contribution in [-0.4, -0.2) is 33.8 Å². The van der Waals surface area contributed by atoms with Gasteiger partial charge in [-0.15, -0.1) is 11.3 Å². The van der Waals surface area contributed by atoms with Crippen molar-refractivity contribution in [3.8, 4) is 5.69 Å². The molecule has 0 saturated carbocycles. The summed E-state index contributed by atoms with van der Waals surface area (Å²) in [5.41, 5.74) is 0.933. The minimum absolute atomic E-state index is 0.380. The van der Waals surface area contributed by atoms with Gasteiger partial charge in [0.05, 0.1) is 22.9 Å². The highest BCUT2D eigenvalue weighted by Crippen LogP contribution is 2.29. The van der Waals surface area contributed by atoms with Gasteiger partial charge < -0.3 is 10.6 Å². The Kier molecular flexibility index (Phi) is 6.86. The maximum atomic E-state index is 12.6. The fourth-order valence-electron chi connectivity index (χ4n) is 2.52. The third kappa shape index (κ3) is 6.05. The van der Waals surface area contributed by atoms with Crippen molar-refractivity contribution in [3.63, 3.8) is 0 Å². The number of nitrogens with zero attached hydrogens (tertiary/aromatic N) is 4. The molecule has 2 N–H and O–H groups in total. The molecule has 0 aliphatic carbocycles. The first-order valence-electron chi connectivity index (χ1n) is 9.09. The highest BCUT2D eigenvalue weighted by Gasteiger charge is 2.33. The first-order valence-corrected chi connectivity index (χ1v) is 9.97. The standard InChI is InChI=1S/C19H21F3N6S/c1-2-23-18(24-10-8-17-26-16(13-29-17)19(20,21)22)25-12-14-9-11-28(27-14)15-6-4-3-5-7-15/h3-7,9,11,13H,2,8,10,12H2,1H3,(H2,23,24,25). The lowest BCUT2D eigenvalue weighted by Gasteiger charge is -2.10. The lowest BCUT2D eigenvalue weighted by Crippen LogP contribution is -2.38. The number of aromatic nitrogens is 3. The Balaban J connectivity index is 1.55. The predicted octanol–water partition coefficient (Wildman–Crippen LogP) is 3.65. The zero-order chi connectivity index (χ0) is 20.7. The molecule has 29 heavy (non-hydrogen) atoms. The summed E-state index contributed by atoms with van der Waals surface area (Å²) < 4.78 is 39.6. The Morgan fingerprint density at radius 1 is 1.17 bits per heavy atom. The molecular formula is C19H21F3N6S. The third-order valence-corrected chi connectivity index (χ3v) is 4.79. The average Bonchev–Trinajstić information content (AvgIpc) is 3.36. The fourth-order valence-corrected chi connectivity index (χ4v) is 3.32. The van der Waals surface area contributed by atoms with Crippen LogP contribution in [0, 0.1) is 0 Å². The maximum absolute atomic E-state index is 12.6. The van der Waals surface area contributed by atoms with Gasteiger partial charge in [-0.1, -0.05) is 18.2 Å². The van der Waals surface area contributed by atoms with Crippen LogP contribution in [0.3, 0.4) is 0 Å². The lowest BCUT2D eigenvalue weighted by atomic mass is 10.3. The number of benzene rings is 1. The van der Waals surface area contributed by atoms with Crippen LogP contribution in [0.4, 0.5) is 13.2 Å². The third-order valence-electron chi connectivity index (χ3n) is 3.88. The van der Waals surface area contributed by atoms with Crippen LogP contribution < -0.4 is 10.6 Å². The van der Waals surface area contributed by atoms with Crippen LogP contribution in [0.1, 0.15) is 23.3 Å². The van der Waals surface area contributed by atoms with Gasteiger partial charge in [0.25, 0.3) is 0 Å². The zero-order valence-corrected chi connectivity index (χ0v) is 16.6. The summed E-state index contributed by atoms with van der Waals surface area (Å²) in [6.07, 6.45) is -2.14. The quantitative estimate of drug-likeness (QED) is 0.451. The highest BCUT2D eigenvalue weighted by molar-refractivity contribution is 7.09. The van der Waals surface area contributed by atoms with Gasteiger partial charge in [0.1, 0.15) is 0 Å². The van der Waals surface area contributed by atoms with Crippen LogP contribution in [0.2, 0.25) is 0 Å². The van der Waals surface area contributed by atoms with E-state index >= 15 is 0 Å². The van der Waals surface area contributed by atoms with Crippen molar-refractivity contribution >= 4 is 17.3 Å². The lowest BCUT2D eigenvalue weighted by molar-refractivity contribution is -0.140. The maximum Gasteiger partial charge on any atom is 0.434 e. The molecule has 2 heterocycles. The monoisotopic (exact) mass is 422 g/mol. The molecule has 6 nitrogen and oxygen atoms in total. The number of guanidine groups is 1. The van der Waals surface area contributed by atoms with E-state index in [1.54, 1.807) is 4.68 Å². The van der Waals surface area contributed by atoms with Gasteiger partial charge in [0.2, 0.25) is 0 Å². The normalized spacial score (nSPS) is 12.2. The van der Waals surface area contributed by atoms with E-state index < -0.39 is 11.9 Å². The molecule has 1 aromatic carbocycles. The number of alkyl halides is 3. The van der Waals surface area contributed by atoms with Gasteiger partial charge in [-0.05, 0) is 25.1 Å². The van der Waals surface area contributed by atoms with Gasteiger partial charge >= 0.3 is 6.18 Å². The first-order chi connectivity index (χ1) is 14.0. The topological polar surface area (TPSA) is 67.1 Å². The molecule has 0 saturated heterocycles. The minimum atomic E-state index is -4.40. The van der Waals surface area contributed by atoms with E-state index in [-0.39, 0.29) is 0 Å². The van der Waals surface area contributed by atoms with Crippen LogP contribution >= 0.6 is 11.3 Å². The number of nitrogens with one attached hydrogen (secondary N) is 2. The molecule has 0 spiro atoms. The van der Waals surface area contributed by atoms with Gasteiger partial charge in [-0.25, -0.2) is 14.7 Å². The summed E-state index contributed by atoms with van der Waals surface area (Å²) in [5.74, 6) is 0.578. The number of halogens is 3. The summed E-state index contributed by atoms with van der Waals surface area (Å²) in [7, 11) is 0. The number of thiazole rings is 1. The molecule has 0 aliphatic heterocycles. The zero-order valence-electron chi connectivity index (χ0n) is 15.8. The van der Waals surface area contributed by atoms with Crippen molar-refractivity contribution < 1.29 is 13.2 Å². The Morgan fingerprint density at radius 3 is 2.66 bits per heavy atom. The molecule has 0 amide bonds. The molecule has 3 rings (SSSR count). The van der Waals surface area contributed by atoms with Gasteiger partial charge in [-0.3, -0.25) is 0 Å². The summed E-state index contributed by atoms with van der Waals surface area (Å²) in [5, 5.41) is 12.2. The molecule has 0 radical (unpaired) electrons. The number of hydrogen-bond donors (Lipinski definition) is 2. The van der Waals surface area contributed by atoms with E-state index in [9.17, 15) is 13.2 Å². The predicted molar refractivity (Wildman–Crippen MR) is 107 cm³/mol. The van der Waals surface area contributed by atoms with E-state index in [0.29, 0.717) is 37.0 Å². The summed E-state index contributed by atoms with van der Waals surface area (Å²) >= 11 is 1.01. The summed E-state index contributed by atoms with van der Waals surface area (Å²) in [4.78, 5) is 8.12. The first kappa shape index (κ1) is 20.8.